The minimum absolute atomic E-state index is 0.0724. The predicted molar refractivity (Wildman–Crippen MR) is 115 cm³/mol. The Balaban J connectivity index is 1.39. The van der Waals surface area contributed by atoms with Crippen LogP contribution in [0.15, 0.2) is 71.7 Å². The van der Waals surface area contributed by atoms with E-state index in [-0.39, 0.29) is 18.2 Å². The van der Waals surface area contributed by atoms with E-state index in [4.69, 9.17) is 11.6 Å². The second-order valence-corrected chi connectivity index (χ2v) is 7.93. The number of hydrogen-bond donors (Lipinski definition) is 2. The molecule has 1 saturated heterocycles. The number of hydrogen-bond acceptors (Lipinski definition) is 4. The maximum atomic E-state index is 12.4. The Labute approximate surface area is 171 Å². The van der Waals surface area contributed by atoms with Gasteiger partial charge in [-0.05, 0) is 47.2 Å². The van der Waals surface area contributed by atoms with Gasteiger partial charge in [-0.15, -0.1) is 0 Å². The Morgan fingerprint density at radius 2 is 1.82 bits per heavy atom. The quantitative estimate of drug-likeness (QED) is 0.653. The van der Waals surface area contributed by atoms with Gasteiger partial charge in [0.2, 0.25) is 11.8 Å². The number of carbonyl (C=O) groups is 2. The molecule has 3 aromatic carbocycles. The van der Waals surface area contributed by atoms with Crippen LogP contribution in [0.4, 0.5) is 11.4 Å². The van der Waals surface area contributed by atoms with Gasteiger partial charge in [0.25, 0.3) is 0 Å². The Bertz CT molecular complexity index is 1080. The highest BCUT2D eigenvalue weighted by Gasteiger charge is 2.32. The molecule has 2 N–H and O–H groups in total. The largest absolute Gasteiger partial charge is 0.326 e. The van der Waals surface area contributed by atoms with Crippen LogP contribution < -0.4 is 10.6 Å². The molecule has 0 bridgehead atoms. The molecule has 0 aliphatic carbocycles. The van der Waals surface area contributed by atoms with E-state index in [0.717, 1.165) is 10.8 Å². The van der Waals surface area contributed by atoms with Crippen LogP contribution in [0, 0.1) is 0 Å². The van der Waals surface area contributed by atoms with E-state index < -0.39 is 5.25 Å². The van der Waals surface area contributed by atoms with Crippen molar-refractivity contribution in [2.24, 2.45) is 4.99 Å². The Hall–Kier alpha value is -2.83. The van der Waals surface area contributed by atoms with Gasteiger partial charge in [-0.2, -0.15) is 0 Å². The fourth-order valence-electron chi connectivity index (χ4n) is 2.87. The van der Waals surface area contributed by atoms with E-state index in [1.807, 2.05) is 42.5 Å². The first-order chi connectivity index (χ1) is 13.6. The first-order valence-corrected chi connectivity index (χ1v) is 9.93. The zero-order valence-corrected chi connectivity index (χ0v) is 16.3. The number of aliphatic imine (C=N–C) groups is 1. The molecule has 2 amide bonds. The highest BCUT2D eigenvalue weighted by atomic mass is 35.5. The fourth-order valence-corrected chi connectivity index (χ4v) is 3.99. The molecule has 0 saturated carbocycles. The number of amides is 2. The highest BCUT2D eigenvalue weighted by Crippen LogP contribution is 2.26. The molecule has 1 heterocycles. The molecule has 5 nitrogen and oxygen atoms in total. The normalized spacial score (nSPS) is 17.7. The number of fused-ring (bicyclic) bond motifs is 1. The van der Waals surface area contributed by atoms with Gasteiger partial charge in [-0.25, -0.2) is 4.99 Å². The van der Waals surface area contributed by atoms with Gasteiger partial charge in [-0.3, -0.25) is 9.59 Å². The molecule has 1 aliphatic heterocycles. The SMILES string of the molecule is O=C(CC1SC(=Nc2ccc(Cl)cc2)NC1=O)Nc1ccc2ccccc2c1. The van der Waals surface area contributed by atoms with Gasteiger partial charge >= 0.3 is 0 Å². The molecule has 0 aromatic heterocycles. The number of rotatable bonds is 4. The highest BCUT2D eigenvalue weighted by molar-refractivity contribution is 8.15. The van der Waals surface area contributed by atoms with Crippen LogP contribution in [0.1, 0.15) is 6.42 Å². The molecule has 1 atom stereocenters. The van der Waals surface area contributed by atoms with Crippen molar-refractivity contribution in [3.63, 3.8) is 0 Å². The van der Waals surface area contributed by atoms with Gasteiger partial charge in [0.1, 0.15) is 5.25 Å². The molecular weight excluding hydrogens is 394 g/mol. The second-order valence-electron chi connectivity index (χ2n) is 6.30. The summed E-state index contributed by atoms with van der Waals surface area (Å²) in [5, 5.41) is 8.33. The van der Waals surface area contributed by atoms with Crippen molar-refractivity contribution >= 4 is 62.5 Å². The lowest BCUT2D eigenvalue weighted by Gasteiger charge is -2.08. The van der Waals surface area contributed by atoms with Crippen molar-refractivity contribution in [1.29, 1.82) is 0 Å². The van der Waals surface area contributed by atoms with E-state index in [1.54, 1.807) is 24.3 Å². The van der Waals surface area contributed by atoms with Crippen LogP contribution in [-0.2, 0) is 9.59 Å². The van der Waals surface area contributed by atoms with Gasteiger partial charge in [0.15, 0.2) is 5.17 Å². The van der Waals surface area contributed by atoms with Gasteiger partial charge in [0.05, 0.1) is 5.69 Å². The number of nitrogens with zero attached hydrogens (tertiary/aromatic N) is 1. The molecule has 28 heavy (non-hydrogen) atoms. The average molecular weight is 410 g/mol. The third kappa shape index (κ3) is 4.35. The Morgan fingerprint density at radius 1 is 1.07 bits per heavy atom. The third-order valence-corrected chi connectivity index (χ3v) is 5.57. The van der Waals surface area contributed by atoms with Crippen LogP contribution in [0.3, 0.4) is 0 Å². The summed E-state index contributed by atoms with van der Waals surface area (Å²) in [4.78, 5) is 29.0. The topological polar surface area (TPSA) is 70.6 Å². The lowest BCUT2D eigenvalue weighted by Crippen LogP contribution is -2.28. The van der Waals surface area contributed by atoms with Crippen LogP contribution in [0.25, 0.3) is 10.8 Å². The molecular formula is C21H16ClN3O2S. The van der Waals surface area contributed by atoms with Crippen molar-refractivity contribution in [3.05, 3.63) is 71.8 Å². The number of anilines is 1. The summed E-state index contributed by atoms with van der Waals surface area (Å²) in [5.41, 5.74) is 1.40. The summed E-state index contributed by atoms with van der Waals surface area (Å²) in [7, 11) is 0. The van der Waals surface area contributed by atoms with Gasteiger partial charge in [-0.1, -0.05) is 53.7 Å². The van der Waals surface area contributed by atoms with E-state index in [1.165, 1.54) is 11.8 Å². The molecule has 7 heteroatoms. The summed E-state index contributed by atoms with van der Waals surface area (Å²) < 4.78 is 0. The van der Waals surface area contributed by atoms with E-state index in [9.17, 15) is 9.59 Å². The smallest absolute Gasteiger partial charge is 0.240 e. The maximum Gasteiger partial charge on any atom is 0.240 e. The summed E-state index contributed by atoms with van der Waals surface area (Å²) in [6, 6.07) is 20.7. The van der Waals surface area contributed by atoms with Gasteiger partial charge in [0, 0.05) is 17.1 Å². The number of nitrogens with one attached hydrogen (secondary N) is 2. The first-order valence-electron chi connectivity index (χ1n) is 8.67. The average Bonchev–Trinajstić information content (AvgIpc) is 3.02. The van der Waals surface area contributed by atoms with Crippen molar-refractivity contribution in [3.8, 4) is 0 Å². The van der Waals surface area contributed by atoms with E-state index >= 15 is 0 Å². The standard InChI is InChI=1S/C21H16ClN3O2S/c22-15-6-9-16(10-7-15)24-21-25-20(27)18(28-21)12-19(26)23-17-8-5-13-3-1-2-4-14(13)11-17/h1-11,18H,12H2,(H,23,26)(H,24,25,27). The molecule has 3 aromatic rings. The fraction of sp³-hybridized carbons (Fsp3) is 0.0952. The summed E-state index contributed by atoms with van der Waals surface area (Å²) in [6.45, 7) is 0. The van der Waals surface area contributed by atoms with Crippen LogP contribution in [0.2, 0.25) is 5.02 Å². The molecule has 0 radical (unpaired) electrons. The summed E-state index contributed by atoms with van der Waals surface area (Å²) >= 11 is 7.12. The monoisotopic (exact) mass is 409 g/mol. The van der Waals surface area contributed by atoms with E-state index in [2.05, 4.69) is 15.6 Å². The van der Waals surface area contributed by atoms with Crippen LogP contribution in [-0.4, -0.2) is 22.2 Å². The molecule has 4 rings (SSSR count). The zero-order chi connectivity index (χ0) is 19.5. The number of halogens is 1. The second kappa shape index (κ2) is 8.04. The Morgan fingerprint density at radius 3 is 2.61 bits per heavy atom. The number of benzene rings is 3. The number of amidine groups is 1. The lowest BCUT2D eigenvalue weighted by molar-refractivity contribution is -0.122. The van der Waals surface area contributed by atoms with Crippen molar-refractivity contribution in [2.75, 3.05) is 5.32 Å². The molecule has 140 valence electrons. The van der Waals surface area contributed by atoms with Crippen molar-refractivity contribution in [1.82, 2.24) is 5.32 Å². The third-order valence-electron chi connectivity index (χ3n) is 4.24. The summed E-state index contributed by atoms with van der Waals surface area (Å²) in [6.07, 6.45) is 0.0724. The number of thioether (sulfide) groups is 1. The lowest BCUT2D eigenvalue weighted by atomic mass is 10.1. The molecule has 1 unspecified atom stereocenters. The number of carbonyl (C=O) groups excluding carboxylic acids is 2. The van der Waals surface area contributed by atoms with E-state index in [0.29, 0.717) is 21.6 Å². The zero-order valence-electron chi connectivity index (χ0n) is 14.7. The van der Waals surface area contributed by atoms with Crippen LogP contribution in [0.5, 0.6) is 0 Å². The molecule has 1 fully saturated rings. The van der Waals surface area contributed by atoms with Gasteiger partial charge < -0.3 is 10.6 Å². The molecule has 0 spiro atoms. The summed E-state index contributed by atoms with van der Waals surface area (Å²) in [5.74, 6) is -0.429. The van der Waals surface area contributed by atoms with Crippen molar-refractivity contribution in [2.45, 2.75) is 11.7 Å². The Kier molecular flexibility index (Phi) is 5.32. The minimum atomic E-state index is -0.508. The maximum absolute atomic E-state index is 12.4. The first kappa shape index (κ1) is 18.5. The minimum Gasteiger partial charge on any atom is -0.326 e. The predicted octanol–water partition coefficient (Wildman–Crippen LogP) is 4.74. The molecule has 1 aliphatic rings. The van der Waals surface area contributed by atoms with Crippen molar-refractivity contribution < 1.29 is 9.59 Å². The van der Waals surface area contributed by atoms with Crippen LogP contribution >= 0.6 is 23.4 Å².